The van der Waals surface area contributed by atoms with Crippen LogP contribution < -0.4 is 0 Å². The van der Waals surface area contributed by atoms with E-state index in [2.05, 4.69) is 16.8 Å². The molecular weight excluding hydrogens is 488 g/mol. The van der Waals surface area contributed by atoms with Gasteiger partial charge < -0.3 is 9.30 Å². The summed E-state index contributed by atoms with van der Waals surface area (Å²) in [6.07, 6.45) is 2.13. The second kappa shape index (κ2) is 10.4. The van der Waals surface area contributed by atoms with Gasteiger partial charge in [-0.3, -0.25) is 14.5 Å². The summed E-state index contributed by atoms with van der Waals surface area (Å²) >= 11 is 1.51. The van der Waals surface area contributed by atoms with E-state index in [1.807, 2.05) is 41.0 Å². The predicted octanol–water partition coefficient (Wildman–Crippen LogP) is 4.53. The zero-order chi connectivity index (χ0) is 25.9. The van der Waals surface area contributed by atoms with Crippen LogP contribution in [0.1, 0.15) is 42.5 Å². The Balaban J connectivity index is 1.31. The lowest BCUT2D eigenvalue weighted by atomic mass is 9.94. The van der Waals surface area contributed by atoms with Gasteiger partial charge in [0, 0.05) is 41.8 Å². The summed E-state index contributed by atoms with van der Waals surface area (Å²) < 4.78 is 6.68. The minimum Gasteiger partial charge on any atom is -0.465 e. The monoisotopic (exact) mass is 512 g/mol. The highest BCUT2D eigenvalue weighted by Gasteiger charge is 2.32. The lowest BCUT2D eigenvalue weighted by Gasteiger charge is -2.27. The molecule has 0 unspecified atom stereocenters. The molecular formula is C28H24N4O4S. The molecule has 2 heterocycles. The molecule has 8 nitrogen and oxygen atoms in total. The summed E-state index contributed by atoms with van der Waals surface area (Å²) in [7, 11) is 1.35. The summed E-state index contributed by atoms with van der Waals surface area (Å²) in [6.45, 7) is 4.53. The first-order chi connectivity index (χ1) is 18.0. The second-order valence-electron chi connectivity index (χ2n) is 8.50. The van der Waals surface area contributed by atoms with Crippen LogP contribution in [-0.2, 0) is 23.5 Å². The van der Waals surface area contributed by atoms with Crippen LogP contribution in [0.4, 0.5) is 0 Å². The Morgan fingerprint density at radius 2 is 1.68 bits per heavy atom. The van der Waals surface area contributed by atoms with Gasteiger partial charge in [0.2, 0.25) is 0 Å². The number of ether oxygens (including phenoxy) is 1. The third kappa shape index (κ3) is 4.65. The molecule has 0 atom stereocenters. The van der Waals surface area contributed by atoms with Crippen molar-refractivity contribution in [3.63, 3.8) is 0 Å². The number of carbonyl (C=O) groups excluding carboxylic acids is 3. The van der Waals surface area contributed by atoms with E-state index in [9.17, 15) is 14.4 Å². The molecule has 1 aliphatic heterocycles. The lowest BCUT2D eigenvalue weighted by Crippen LogP contribution is -2.41. The molecule has 1 aromatic heterocycles. The van der Waals surface area contributed by atoms with E-state index in [4.69, 9.17) is 4.74 Å². The van der Waals surface area contributed by atoms with Gasteiger partial charge in [0.05, 0.1) is 12.7 Å². The topological polar surface area (TPSA) is 94.4 Å². The van der Waals surface area contributed by atoms with E-state index >= 15 is 0 Å². The van der Waals surface area contributed by atoms with Crippen molar-refractivity contribution in [2.45, 2.75) is 23.9 Å². The second-order valence-corrected chi connectivity index (χ2v) is 9.44. The molecule has 3 aromatic carbocycles. The highest BCUT2D eigenvalue weighted by molar-refractivity contribution is 7.98. The van der Waals surface area contributed by atoms with Crippen molar-refractivity contribution in [1.29, 1.82) is 0 Å². The molecule has 0 aliphatic carbocycles. The van der Waals surface area contributed by atoms with Crippen molar-refractivity contribution < 1.29 is 19.1 Å². The third-order valence-corrected chi connectivity index (χ3v) is 7.30. The van der Waals surface area contributed by atoms with Crippen molar-refractivity contribution in [2.75, 3.05) is 13.7 Å². The highest BCUT2D eigenvalue weighted by atomic mass is 32.2. The number of esters is 1. The average molecular weight is 513 g/mol. The van der Waals surface area contributed by atoms with Crippen LogP contribution in [0.5, 0.6) is 0 Å². The fraction of sp³-hybridized carbons (Fsp3) is 0.179. The van der Waals surface area contributed by atoms with Crippen molar-refractivity contribution >= 4 is 40.3 Å². The van der Waals surface area contributed by atoms with Gasteiger partial charge in [-0.05, 0) is 35.2 Å². The number of methoxy groups -OCH3 is 1. The Morgan fingerprint density at radius 1 is 1.00 bits per heavy atom. The summed E-state index contributed by atoms with van der Waals surface area (Å²) in [6, 6.07) is 18.2. The van der Waals surface area contributed by atoms with Gasteiger partial charge in [-0.1, -0.05) is 54.2 Å². The Labute approximate surface area is 217 Å². The highest BCUT2D eigenvalue weighted by Crippen LogP contribution is 2.30. The van der Waals surface area contributed by atoms with Gasteiger partial charge in [0.1, 0.15) is 5.82 Å². The normalized spacial score (nSPS) is 12.7. The van der Waals surface area contributed by atoms with Crippen LogP contribution in [0.15, 0.2) is 78.5 Å². The maximum Gasteiger partial charge on any atom is 0.337 e. The quantitative estimate of drug-likeness (QED) is 0.141. The number of imide groups is 1. The van der Waals surface area contributed by atoms with Crippen LogP contribution >= 0.6 is 11.8 Å². The Hall–Kier alpha value is -4.24. The van der Waals surface area contributed by atoms with Crippen molar-refractivity contribution in [1.82, 2.24) is 19.7 Å². The SMILES string of the molecule is C=CCn1c(CCN2C(=O)c3cccc4cccc(c34)C2=O)nnc1SCc1ccc(C(=O)OC)cc1. The summed E-state index contributed by atoms with van der Waals surface area (Å²) in [5, 5.41) is 11.0. The van der Waals surface area contributed by atoms with E-state index in [0.29, 0.717) is 51.8 Å². The van der Waals surface area contributed by atoms with Gasteiger partial charge in [0.25, 0.3) is 11.8 Å². The molecule has 0 spiro atoms. The first-order valence-electron chi connectivity index (χ1n) is 11.7. The fourth-order valence-electron chi connectivity index (χ4n) is 4.42. The molecule has 0 bridgehead atoms. The summed E-state index contributed by atoms with van der Waals surface area (Å²) in [4.78, 5) is 39.4. The Morgan fingerprint density at radius 3 is 2.30 bits per heavy atom. The van der Waals surface area contributed by atoms with E-state index < -0.39 is 0 Å². The molecule has 0 fully saturated rings. The molecule has 4 aromatic rings. The molecule has 2 amide bonds. The minimum absolute atomic E-state index is 0.192. The molecule has 0 saturated carbocycles. The number of hydrogen-bond donors (Lipinski definition) is 0. The third-order valence-electron chi connectivity index (χ3n) is 6.26. The van der Waals surface area contributed by atoms with Crippen LogP contribution in [-0.4, -0.2) is 51.1 Å². The van der Waals surface area contributed by atoms with Crippen LogP contribution in [0.2, 0.25) is 0 Å². The number of carbonyl (C=O) groups is 3. The average Bonchev–Trinajstić information content (AvgIpc) is 3.31. The number of nitrogens with zero attached hydrogens (tertiary/aromatic N) is 4. The maximum absolute atomic E-state index is 13.2. The number of allylic oxidation sites excluding steroid dienone is 1. The minimum atomic E-state index is -0.375. The molecule has 0 saturated heterocycles. The Kier molecular flexibility index (Phi) is 6.87. The van der Waals surface area contributed by atoms with Gasteiger partial charge in [-0.2, -0.15) is 0 Å². The molecule has 37 heavy (non-hydrogen) atoms. The smallest absolute Gasteiger partial charge is 0.337 e. The van der Waals surface area contributed by atoms with E-state index in [0.717, 1.165) is 10.9 Å². The largest absolute Gasteiger partial charge is 0.465 e. The van der Waals surface area contributed by atoms with Gasteiger partial charge >= 0.3 is 5.97 Å². The van der Waals surface area contributed by atoms with Crippen molar-refractivity contribution in [3.05, 3.63) is 101 Å². The zero-order valence-electron chi connectivity index (χ0n) is 20.2. The van der Waals surface area contributed by atoms with E-state index in [1.165, 1.54) is 23.8 Å². The molecule has 1 aliphatic rings. The van der Waals surface area contributed by atoms with Gasteiger partial charge in [-0.15, -0.1) is 16.8 Å². The number of hydrogen-bond acceptors (Lipinski definition) is 7. The number of amides is 2. The number of rotatable bonds is 9. The predicted molar refractivity (Wildman–Crippen MR) is 141 cm³/mol. The standard InChI is InChI=1S/C28H24N4O4S/c1-3-15-31-23(29-30-28(31)37-17-18-10-12-20(13-11-18)27(35)36-2)14-16-32-25(33)21-8-4-6-19-7-5-9-22(24(19)21)26(32)34/h3-13H,1,14-17H2,2H3. The lowest BCUT2D eigenvalue weighted by molar-refractivity contribution is 0.0593. The first-order valence-corrected chi connectivity index (χ1v) is 12.7. The van der Waals surface area contributed by atoms with Crippen LogP contribution in [0.25, 0.3) is 10.8 Å². The Bertz CT molecular complexity index is 1480. The van der Waals surface area contributed by atoms with Gasteiger partial charge in [-0.25, -0.2) is 4.79 Å². The number of thioether (sulfide) groups is 1. The summed E-state index contributed by atoms with van der Waals surface area (Å²) in [5.41, 5.74) is 2.59. The molecule has 0 N–H and O–H groups in total. The molecule has 186 valence electrons. The van der Waals surface area contributed by atoms with Crippen molar-refractivity contribution in [3.8, 4) is 0 Å². The van der Waals surface area contributed by atoms with Crippen LogP contribution in [0, 0.1) is 0 Å². The number of aromatic nitrogens is 3. The number of benzene rings is 3. The molecule has 5 rings (SSSR count). The first kappa shape index (κ1) is 24.5. The van der Waals surface area contributed by atoms with Crippen LogP contribution in [0.3, 0.4) is 0 Å². The zero-order valence-corrected chi connectivity index (χ0v) is 21.0. The maximum atomic E-state index is 13.2. The van der Waals surface area contributed by atoms with E-state index in [1.54, 1.807) is 30.3 Å². The van der Waals surface area contributed by atoms with Gasteiger partial charge in [0.15, 0.2) is 5.16 Å². The molecule has 9 heteroatoms. The molecule has 0 radical (unpaired) electrons. The van der Waals surface area contributed by atoms with Crippen molar-refractivity contribution in [2.24, 2.45) is 0 Å². The fourth-order valence-corrected chi connectivity index (χ4v) is 5.34. The summed E-state index contributed by atoms with van der Waals surface area (Å²) in [5.74, 6) is 0.324. The van der Waals surface area contributed by atoms with E-state index in [-0.39, 0.29) is 24.3 Å².